The van der Waals surface area contributed by atoms with Crippen molar-refractivity contribution in [3.8, 4) is 0 Å². The summed E-state index contributed by atoms with van der Waals surface area (Å²) >= 11 is 0. The smallest absolute Gasteiger partial charge is 0.220 e. The summed E-state index contributed by atoms with van der Waals surface area (Å²) in [5.74, 6) is 2.20. The predicted molar refractivity (Wildman–Crippen MR) is 108 cm³/mol. The maximum atomic E-state index is 12.1. The molecule has 5 rings (SSSR count). The number of rotatable bonds is 1. The van der Waals surface area contributed by atoms with Crippen molar-refractivity contribution in [1.82, 2.24) is 10.3 Å². The van der Waals surface area contributed by atoms with Crippen LogP contribution in [0, 0.1) is 28.6 Å². The lowest BCUT2D eigenvalue weighted by Gasteiger charge is -2.56. The van der Waals surface area contributed by atoms with Gasteiger partial charge in [-0.1, -0.05) is 37.6 Å². The minimum atomic E-state index is 0.159. The van der Waals surface area contributed by atoms with Crippen molar-refractivity contribution in [3.05, 3.63) is 47.8 Å². The molecule has 5 atom stereocenters. The van der Waals surface area contributed by atoms with E-state index < -0.39 is 0 Å². The fourth-order valence-electron chi connectivity index (χ4n) is 6.96. The van der Waals surface area contributed by atoms with Gasteiger partial charge in [-0.2, -0.15) is 0 Å². The first-order valence-electron chi connectivity index (χ1n) is 10.6. The van der Waals surface area contributed by atoms with Gasteiger partial charge >= 0.3 is 0 Å². The minimum Gasteiger partial charge on any atom is -0.356 e. The lowest BCUT2D eigenvalue weighted by atomic mass is 9.47. The molecule has 142 valence electrons. The van der Waals surface area contributed by atoms with Gasteiger partial charge in [0.15, 0.2) is 0 Å². The quantitative estimate of drug-likeness (QED) is 0.782. The first-order valence-corrected chi connectivity index (χ1v) is 10.6. The lowest BCUT2D eigenvalue weighted by molar-refractivity contribution is -0.123. The van der Waals surface area contributed by atoms with E-state index in [0.29, 0.717) is 23.2 Å². The van der Waals surface area contributed by atoms with Crippen LogP contribution >= 0.6 is 0 Å². The van der Waals surface area contributed by atoms with Gasteiger partial charge in [-0.3, -0.25) is 9.78 Å². The molecule has 3 heteroatoms. The SMILES string of the molecule is CC12CCC3C(CCC4CC(=O)NCCC43C)C1=CC=C2c1cccnc1. The average molecular weight is 363 g/mol. The van der Waals surface area contributed by atoms with E-state index in [4.69, 9.17) is 0 Å². The van der Waals surface area contributed by atoms with Crippen LogP contribution < -0.4 is 5.32 Å². The van der Waals surface area contributed by atoms with Gasteiger partial charge in [-0.05, 0) is 72.5 Å². The number of amides is 1. The Labute approximate surface area is 162 Å². The summed E-state index contributed by atoms with van der Waals surface area (Å²) in [6, 6.07) is 4.25. The number of pyridine rings is 1. The Morgan fingerprint density at radius 3 is 2.85 bits per heavy atom. The standard InChI is InChI=1S/C24H30N2O/c1-23-11-13-26-22(27)14-17(23)5-6-18-20-8-7-19(16-4-3-12-25-15-16)24(20,2)10-9-21(18)23/h3-4,7-8,12,15,17-18,21H,5-6,9-11,13-14H2,1-2H3,(H,26,27). The molecule has 1 saturated heterocycles. The van der Waals surface area contributed by atoms with Gasteiger partial charge in [0.05, 0.1) is 0 Å². The molecule has 1 amide bonds. The maximum Gasteiger partial charge on any atom is 0.220 e. The van der Waals surface area contributed by atoms with Crippen LogP contribution in [0.1, 0.15) is 57.9 Å². The van der Waals surface area contributed by atoms with Crippen LogP contribution in [0.25, 0.3) is 5.57 Å². The Morgan fingerprint density at radius 2 is 2.04 bits per heavy atom. The molecule has 2 saturated carbocycles. The molecular weight excluding hydrogens is 332 g/mol. The molecule has 1 aromatic heterocycles. The molecule has 27 heavy (non-hydrogen) atoms. The zero-order valence-corrected chi connectivity index (χ0v) is 16.5. The summed E-state index contributed by atoms with van der Waals surface area (Å²) in [5.41, 5.74) is 4.83. The number of aromatic nitrogens is 1. The number of hydrogen-bond donors (Lipinski definition) is 1. The molecule has 4 aliphatic rings. The zero-order valence-electron chi connectivity index (χ0n) is 16.5. The second-order valence-corrected chi connectivity index (χ2v) is 9.61. The van der Waals surface area contributed by atoms with Crippen LogP contribution in [0.3, 0.4) is 0 Å². The van der Waals surface area contributed by atoms with E-state index in [1.807, 2.05) is 18.5 Å². The van der Waals surface area contributed by atoms with Crippen molar-refractivity contribution in [2.75, 3.05) is 6.54 Å². The van der Waals surface area contributed by atoms with Gasteiger partial charge in [0.25, 0.3) is 0 Å². The van der Waals surface area contributed by atoms with E-state index in [1.165, 1.54) is 36.8 Å². The number of carbonyl (C=O) groups excluding carboxylic acids is 1. The molecule has 3 nitrogen and oxygen atoms in total. The second kappa shape index (κ2) is 6.05. The molecule has 0 aromatic carbocycles. The fourth-order valence-corrected chi connectivity index (χ4v) is 6.96. The topological polar surface area (TPSA) is 42.0 Å². The van der Waals surface area contributed by atoms with Gasteiger partial charge in [-0.15, -0.1) is 0 Å². The number of hydrogen-bond acceptors (Lipinski definition) is 2. The summed E-state index contributed by atoms with van der Waals surface area (Å²) < 4.78 is 0. The molecule has 1 N–H and O–H groups in total. The van der Waals surface area contributed by atoms with E-state index >= 15 is 0 Å². The van der Waals surface area contributed by atoms with Crippen LogP contribution in [0.15, 0.2) is 42.3 Å². The monoisotopic (exact) mass is 362 g/mol. The molecule has 3 fully saturated rings. The van der Waals surface area contributed by atoms with Crippen LogP contribution in [0.2, 0.25) is 0 Å². The van der Waals surface area contributed by atoms with Crippen LogP contribution in [-0.2, 0) is 4.79 Å². The van der Waals surface area contributed by atoms with Crippen molar-refractivity contribution in [1.29, 1.82) is 0 Å². The largest absolute Gasteiger partial charge is 0.356 e. The summed E-state index contributed by atoms with van der Waals surface area (Å²) in [6.07, 6.45) is 15.5. The Bertz CT molecular complexity index is 826. The summed E-state index contributed by atoms with van der Waals surface area (Å²) in [5, 5.41) is 3.13. The van der Waals surface area contributed by atoms with Crippen molar-refractivity contribution in [2.45, 2.75) is 52.4 Å². The second-order valence-electron chi connectivity index (χ2n) is 9.61. The summed E-state index contributed by atoms with van der Waals surface area (Å²) in [4.78, 5) is 16.5. The molecule has 3 aliphatic carbocycles. The summed E-state index contributed by atoms with van der Waals surface area (Å²) in [6.45, 7) is 5.79. The Hall–Kier alpha value is -1.90. The molecule has 5 unspecified atom stereocenters. The molecule has 0 radical (unpaired) electrons. The number of fused-ring (bicyclic) bond motifs is 5. The van der Waals surface area contributed by atoms with Crippen LogP contribution in [0.5, 0.6) is 0 Å². The molecule has 1 aliphatic heterocycles. The Morgan fingerprint density at radius 1 is 1.15 bits per heavy atom. The van der Waals surface area contributed by atoms with Crippen LogP contribution in [-0.4, -0.2) is 17.4 Å². The number of allylic oxidation sites excluding steroid dienone is 4. The molecule has 1 aromatic rings. The average Bonchev–Trinajstić information content (AvgIpc) is 2.93. The van der Waals surface area contributed by atoms with Gasteiger partial charge in [0.1, 0.15) is 0 Å². The Balaban J connectivity index is 1.47. The third-order valence-corrected chi connectivity index (χ3v) is 8.50. The van der Waals surface area contributed by atoms with Gasteiger partial charge in [-0.25, -0.2) is 0 Å². The fraction of sp³-hybridized carbons (Fsp3) is 0.583. The van der Waals surface area contributed by atoms with Crippen molar-refractivity contribution in [3.63, 3.8) is 0 Å². The highest BCUT2D eigenvalue weighted by atomic mass is 16.1. The van der Waals surface area contributed by atoms with E-state index in [2.05, 4.69) is 42.4 Å². The van der Waals surface area contributed by atoms with Crippen molar-refractivity contribution >= 4 is 11.5 Å². The normalized spacial score (nSPS) is 40.7. The molecular formula is C24H30N2O. The number of nitrogens with one attached hydrogen (secondary N) is 1. The highest BCUT2D eigenvalue weighted by molar-refractivity contribution is 5.78. The maximum absolute atomic E-state index is 12.1. The first-order chi connectivity index (χ1) is 13.0. The number of carbonyl (C=O) groups is 1. The number of nitrogens with zero attached hydrogens (tertiary/aromatic N) is 1. The van der Waals surface area contributed by atoms with E-state index in [9.17, 15) is 4.79 Å². The van der Waals surface area contributed by atoms with Crippen molar-refractivity contribution in [2.24, 2.45) is 28.6 Å². The predicted octanol–water partition coefficient (Wildman–Crippen LogP) is 4.76. The molecule has 2 heterocycles. The van der Waals surface area contributed by atoms with Gasteiger partial charge in [0.2, 0.25) is 5.91 Å². The molecule has 0 bridgehead atoms. The van der Waals surface area contributed by atoms with E-state index in [1.54, 1.807) is 5.57 Å². The lowest BCUT2D eigenvalue weighted by Crippen LogP contribution is -2.48. The summed E-state index contributed by atoms with van der Waals surface area (Å²) in [7, 11) is 0. The minimum absolute atomic E-state index is 0.159. The highest BCUT2D eigenvalue weighted by Crippen LogP contribution is 2.65. The van der Waals surface area contributed by atoms with Gasteiger partial charge < -0.3 is 5.32 Å². The van der Waals surface area contributed by atoms with Crippen molar-refractivity contribution < 1.29 is 4.79 Å². The zero-order chi connectivity index (χ0) is 18.6. The van der Waals surface area contributed by atoms with Gasteiger partial charge in [0, 0.05) is 30.8 Å². The third kappa shape index (κ3) is 2.47. The van der Waals surface area contributed by atoms with E-state index in [-0.39, 0.29) is 11.3 Å². The van der Waals surface area contributed by atoms with Crippen LogP contribution in [0.4, 0.5) is 0 Å². The van der Waals surface area contributed by atoms with E-state index in [0.717, 1.165) is 19.4 Å². The highest BCUT2D eigenvalue weighted by Gasteiger charge is 2.55. The first kappa shape index (κ1) is 17.2. The Kier molecular flexibility index (Phi) is 3.86. The third-order valence-electron chi connectivity index (χ3n) is 8.50. The molecule has 0 spiro atoms.